The van der Waals surface area contributed by atoms with Crippen molar-refractivity contribution in [3.8, 4) is 0 Å². The van der Waals surface area contributed by atoms with Gasteiger partial charge in [-0.3, -0.25) is 4.79 Å². The number of hydrogen-bond donors (Lipinski definition) is 1. The molecule has 0 saturated carbocycles. The van der Waals surface area contributed by atoms with Gasteiger partial charge in [0.25, 0.3) is 0 Å². The maximum atomic E-state index is 12.3. The average molecular weight is 344 g/mol. The number of benzene rings is 1. The number of rotatable bonds is 3. The lowest BCUT2D eigenvalue weighted by Gasteiger charge is -2.38. The number of nitrogens with one attached hydrogen (secondary N) is 1. The third-order valence-electron chi connectivity index (χ3n) is 4.01. The van der Waals surface area contributed by atoms with Gasteiger partial charge in [-0.05, 0) is 18.2 Å². The van der Waals surface area contributed by atoms with Gasteiger partial charge in [-0.2, -0.15) is 0 Å². The molecule has 0 aliphatic carbocycles. The number of fused-ring (bicyclic) bond motifs is 1. The normalized spacial score (nSPS) is 14.7. The number of aromatic nitrogens is 5. The molecule has 0 bridgehead atoms. The van der Waals surface area contributed by atoms with E-state index < -0.39 is 0 Å². The van der Waals surface area contributed by atoms with Gasteiger partial charge in [0, 0.05) is 30.8 Å². The molecular weight excluding hydrogens is 330 g/mol. The first-order valence-electron chi connectivity index (χ1n) is 7.43. The maximum Gasteiger partial charge on any atom is 0.231 e. The number of hydrogen-bond acceptors (Lipinski definition) is 6. The van der Waals surface area contributed by atoms with Crippen molar-refractivity contribution in [3.05, 3.63) is 35.6 Å². The topological polar surface area (TPSA) is 88.8 Å². The van der Waals surface area contributed by atoms with E-state index >= 15 is 0 Å². The highest BCUT2D eigenvalue weighted by Crippen LogP contribution is 2.28. The molecule has 122 valence electrons. The van der Waals surface area contributed by atoms with Gasteiger partial charge in [0.05, 0.1) is 5.92 Å². The summed E-state index contributed by atoms with van der Waals surface area (Å²) in [6.07, 6.45) is 1.49. The lowest BCUT2D eigenvalue weighted by atomic mass is 9.99. The van der Waals surface area contributed by atoms with E-state index in [1.807, 2.05) is 11.0 Å². The van der Waals surface area contributed by atoms with Crippen LogP contribution in [-0.2, 0) is 11.8 Å². The molecule has 3 aromatic rings. The minimum atomic E-state index is -0.106. The molecule has 1 amide bonds. The zero-order valence-corrected chi connectivity index (χ0v) is 13.6. The minimum absolute atomic E-state index is 0.0297. The summed E-state index contributed by atoms with van der Waals surface area (Å²) in [4.78, 5) is 22.8. The first-order chi connectivity index (χ1) is 11.6. The van der Waals surface area contributed by atoms with Crippen molar-refractivity contribution in [1.29, 1.82) is 0 Å². The van der Waals surface area contributed by atoms with Gasteiger partial charge in [-0.15, -0.1) is 5.10 Å². The number of halogens is 1. The summed E-state index contributed by atoms with van der Waals surface area (Å²) in [5.41, 5.74) is 2.02. The third-order valence-corrected chi connectivity index (χ3v) is 4.25. The van der Waals surface area contributed by atoms with Crippen LogP contribution in [0.1, 0.15) is 0 Å². The van der Waals surface area contributed by atoms with E-state index in [9.17, 15) is 4.79 Å². The molecular formula is C15H14ClN7O. The van der Waals surface area contributed by atoms with Crippen LogP contribution in [0.25, 0.3) is 11.2 Å². The molecule has 8 nitrogen and oxygen atoms in total. The van der Waals surface area contributed by atoms with Gasteiger partial charge in [0.2, 0.25) is 5.91 Å². The summed E-state index contributed by atoms with van der Waals surface area (Å²) in [5.74, 6) is 0.573. The highest BCUT2D eigenvalue weighted by Gasteiger charge is 2.35. The van der Waals surface area contributed by atoms with Crippen LogP contribution in [-0.4, -0.2) is 44.0 Å². The van der Waals surface area contributed by atoms with Crippen LogP contribution in [0.4, 0.5) is 11.5 Å². The Hall–Kier alpha value is -2.74. The zero-order valence-electron chi connectivity index (χ0n) is 12.8. The van der Waals surface area contributed by atoms with Crippen molar-refractivity contribution in [2.75, 3.05) is 23.3 Å². The SMILES string of the molecule is Cn1nnc2c(N3CC(C(=O)Nc4cccc(Cl)c4)C3)ncnc21. The molecule has 0 spiro atoms. The van der Waals surface area contributed by atoms with Gasteiger partial charge < -0.3 is 10.2 Å². The molecule has 1 fully saturated rings. The fourth-order valence-electron chi connectivity index (χ4n) is 2.70. The van der Waals surface area contributed by atoms with Crippen LogP contribution in [0.15, 0.2) is 30.6 Å². The van der Waals surface area contributed by atoms with E-state index in [4.69, 9.17) is 11.6 Å². The number of nitrogens with zero attached hydrogens (tertiary/aromatic N) is 6. The molecule has 1 N–H and O–H groups in total. The summed E-state index contributed by atoms with van der Waals surface area (Å²) < 4.78 is 1.60. The lowest BCUT2D eigenvalue weighted by molar-refractivity contribution is -0.120. The van der Waals surface area contributed by atoms with E-state index in [2.05, 4.69) is 25.6 Å². The number of carbonyl (C=O) groups is 1. The summed E-state index contributed by atoms with van der Waals surface area (Å²) in [5, 5.41) is 11.5. The second-order valence-electron chi connectivity index (χ2n) is 5.68. The Kier molecular flexibility index (Phi) is 3.53. The molecule has 1 aliphatic heterocycles. The molecule has 1 aromatic carbocycles. The second kappa shape index (κ2) is 5.72. The minimum Gasteiger partial charge on any atom is -0.353 e. The standard InChI is InChI=1S/C15H14ClN7O/c1-22-13-12(20-21-22)14(18-8-17-13)23-6-9(7-23)15(24)19-11-4-2-3-10(16)5-11/h2-5,8-9H,6-7H2,1H3,(H,19,24). The lowest BCUT2D eigenvalue weighted by Crippen LogP contribution is -2.52. The highest BCUT2D eigenvalue weighted by molar-refractivity contribution is 6.30. The number of amides is 1. The fourth-order valence-corrected chi connectivity index (χ4v) is 2.89. The van der Waals surface area contributed by atoms with Crippen molar-refractivity contribution in [2.45, 2.75) is 0 Å². The molecule has 1 aliphatic rings. The van der Waals surface area contributed by atoms with Crippen molar-refractivity contribution >= 4 is 40.2 Å². The summed E-state index contributed by atoms with van der Waals surface area (Å²) >= 11 is 5.93. The molecule has 3 heterocycles. The average Bonchev–Trinajstić information content (AvgIpc) is 2.88. The predicted molar refractivity (Wildman–Crippen MR) is 89.9 cm³/mol. The Morgan fingerprint density at radius 3 is 2.96 bits per heavy atom. The number of carbonyl (C=O) groups excluding carboxylic acids is 1. The molecule has 9 heteroatoms. The molecule has 24 heavy (non-hydrogen) atoms. The summed E-state index contributed by atoms with van der Waals surface area (Å²) in [6.45, 7) is 1.16. The Bertz CT molecular complexity index is 919. The van der Waals surface area contributed by atoms with Crippen molar-refractivity contribution < 1.29 is 4.79 Å². The van der Waals surface area contributed by atoms with E-state index in [0.717, 1.165) is 0 Å². The number of aryl methyl sites for hydroxylation is 1. The first-order valence-corrected chi connectivity index (χ1v) is 7.81. The summed E-state index contributed by atoms with van der Waals surface area (Å²) in [7, 11) is 1.78. The van der Waals surface area contributed by atoms with Gasteiger partial charge in [0.1, 0.15) is 6.33 Å². The van der Waals surface area contributed by atoms with Gasteiger partial charge in [-0.1, -0.05) is 22.9 Å². The van der Waals surface area contributed by atoms with Crippen molar-refractivity contribution in [2.24, 2.45) is 13.0 Å². The van der Waals surface area contributed by atoms with Gasteiger partial charge in [-0.25, -0.2) is 14.6 Å². The van der Waals surface area contributed by atoms with E-state index in [0.29, 0.717) is 40.8 Å². The van der Waals surface area contributed by atoms with E-state index in [1.165, 1.54) is 6.33 Å². The van der Waals surface area contributed by atoms with Gasteiger partial charge in [0.15, 0.2) is 17.0 Å². The smallest absolute Gasteiger partial charge is 0.231 e. The Morgan fingerprint density at radius 2 is 2.17 bits per heavy atom. The molecule has 0 atom stereocenters. The predicted octanol–water partition coefficient (Wildman–Crippen LogP) is 1.49. The van der Waals surface area contributed by atoms with Crippen LogP contribution in [0.2, 0.25) is 5.02 Å². The second-order valence-corrected chi connectivity index (χ2v) is 6.12. The molecule has 2 aromatic heterocycles. The maximum absolute atomic E-state index is 12.3. The highest BCUT2D eigenvalue weighted by atomic mass is 35.5. The van der Waals surface area contributed by atoms with Crippen LogP contribution < -0.4 is 10.2 Å². The van der Waals surface area contributed by atoms with Crippen molar-refractivity contribution in [3.63, 3.8) is 0 Å². The monoisotopic (exact) mass is 343 g/mol. The first kappa shape index (κ1) is 14.8. The largest absolute Gasteiger partial charge is 0.353 e. The molecule has 1 saturated heterocycles. The Labute approximate surface area is 142 Å². The zero-order chi connectivity index (χ0) is 16.7. The van der Waals surface area contributed by atoms with Gasteiger partial charge >= 0.3 is 0 Å². The van der Waals surface area contributed by atoms with Crippen molar-refractivity contribution in [1.82, 2.24) is 25.0 Å². The van der Waals surface area contributed by atoms with Crippen LogP contribution in [0.3, 0.4) is 0 Å². The molecule has 0 unspecified atom stereocenters. The van der Waals surface area contributed by atoms with Crippen LogP contribution in [0.5, 0.6) is 0 Å². The Balaban J connectivity index is 1.45. The van der Waals surface area contributed by atoms with Crippen LogP contribution in [0, 0.1) is 5.92 Å². The molecule has 4 rings (SSSR count). The van der Waals surface area contributed by atoms with E-state index in [-0.39, 0.29) is 11.8 Å². The van der Waals surface area contributed by atoms with E-state index in [1.54, 1.807) is 29.9 Å². The quantitative estimate of drug-likeness (QED) is 0.775. The molecule has 0 radical (unpaired) electrons. The Morgan fingerprint density at radius 1 is 1.33 bits per heavy atom. The van der Waals surface area contributed by atoms with Crippen LogP contribution >= 0.6 is 11.6 Å². The third kappa shape index (κ3) is 2.54. The fraction of sp³-hybridized carbons (Fsp3) is 0.267. The number of anilines is 2. The summed E-state index contributed by atoms with van der Waals surface area (Å²) in [6, 6.07) is 7.11.